The Kier molecular flexibility index (Phi) is 7.90. The second-order valence-electron chi connectivity index (χ2n) is 8.61. The van der Waals surface area contributed by atoms with Gasteiger partial charge in [-0.1, -0.05) is 29.4 Å². The van der Waals surface area contributed by atoms with Crippen LogP contribution in [0.5, 0.6) is 0 Å². The van der Waals surface area contributed by atoms with Crippen LogP contribution in [0.15, 0.2) is 69.8 Å². The van der Waals surface area contributed by atoms with Crippen molar-refractivity contribution in [3.05, 3.63) is 98.4 Å². The molecule has 1 aliphatic heterocycles. The average molecular weight is 560 g/mol. The van der Waals surface area contributed by atoms with E-state index in [-0.39, 0.29) is 34.2 Å². The van der Waals surface area contributed by atoms with Crippen molar-refractivity contribution in [3.8, 4) is 6.07 Å². The Bertz CT molecular complexity index is 1460. The number of hydrogen-bond donors (Lipinski definition) is 1. The fourth-order valence-electron chi connectivity index (χ4n) is 3.86. The molecule has 4 rings (SSSR count). The third-order valence-corrected chi connectivity index (χ3v) is 7.67. The van der Waals surface area contributed by atoms with Gasteiger partial charge in [0.2, 0.25) is 5.91 Å². The van der Waals surface area contributed by atoms with Gasteiger partial charge < -0.3 is 9.73 Å². The zero-order valence-corrected chi connectivity index (χ0v) is 21.8. The Balaban J connectivity index is 1.73. The summed E-state index contributed by atoms with van der Waals surface area (Å²) in [6.07, 6.45) is -3.27. The highest BCUT2D eigenvalue weighted by Gasteiger charge is 2.41. The van der Waals surface area contributed by atoms with E-state index in [0.29, 0.717) is 11.4 Å². The number of benzene rings is 2. The number of aryl methyl sites for hydroxylation is 2. The van der Waals surface area contributed by atoms with E-state index in [1.165, 1.54) is 11.2 Å². The lowest BCUT2D eigenvalue weighted by atomic mass is 10.0. The highest BCUT2D eigenvalue weighted by molar-refractivity contribution is 8.05. The first-order chi connectivity index (χ1) is 18.0. The average Bonchev–Trinajstić information content (AvgIpc) is 3.49. The van der Waals surface area contributed by atoms with Crippen LogP contribution >= 0.6 is 23.4 Å². The third kappa shape index (κ3) is 5.74. The summed E-state index contributed by atoms with van der Waals surface area (Å²) in [7, 11) is 0. The number of carbonyl (C=O) groups excluding carboxylic acids is 2. The van der Waals surface area contributed by atoms with Crippen LogP contribution in [-0.4, -0.2) is 17.1 Å². The molecule has 0 radical (unpaired) electrons. The van der Waals surface area contributed by atoms with Crippen molar-refractivity contribution in [1.29, 1.82) is 5.26 Å². The van der Waals surface area contributed by atoms with E-state index in [0.717, 1.165) is 41.1 Å². The number of nitrogens with one attached hydrogen (secondary N) is 1. The summed E-state index contributed by atoms with van der Waals surface area (Å²) in [4.78, 5) is 27.9. The van der Waals surface area contributed by atoms with Crippen molar-refractivity contribution < 1.29 is 27.2 Å². The van der Waals surface area contributed by atoms with Crippen LogP contribution in [0.4, 0.5) is 18.9 Å². The monoisotopic (exact) mass is 559 g/mol. The molecule has 1 saturated heterocycles. The van der Waals surface area contributed by atoms with Crippen molar-refractivity contribution in [1.82, 2.24) is 5.32 Å². The van der Waals surface area contributed by atoms with Crippen LogP contribution in [0.3, 0.4) is 0 Å². The van der Waals surface area contributed by atoms with Gasteiger partial charge in [-0.2, -0.15) is 18.4 Å². The molecule has 2 amide bonds. The molecule has 196 valence electrons. The van der Waals surface area contributed by atoms with Gasteiger partial charge in [0.05, 0.1) is 23.6 Å². The van der Waals surface area contributed by atoms with E-state index in [1.54, 1.807) is 30.3 Å². The Morgan fingerprint density at radius 1 is 1.18 bits per heavy atom. The molecular formula is C27H21ClF3N3O3S. The molecule has 6 nitrogen and oxygen atoms in total. The van der Waals surface area contributed by atoms with E-state index in [9.17, 15) is 28.0 Å². The van der Waals surface area contributed by atoms with Gasteiger partial charge in [-0.3, -0.25) is 14.5 Å². The van der Waals surface area contributed by atoms with Crippen LogP contribution < -0.4 is 10.2 Å². The lowest BCUT2D eigenvalue weighted by Gasteiger charge is -2.20. The Morgan fingerprint density at radius 2 is 1.95 bits per heavy atom. The van der Waals surface area contributed by atoms with Gasteiger partial charge in [-0.15, -0.1) is 0 Å². The molecule has 3 aromatic rings. The van der Waals surface area contributed by atoms with Crippen molar-refractivity contribution >= 4 is 40.9 Å². The van der Waals surface area contributed by atoms with Gasteiger partial charge in [0.15, 0.2) is 0 Å². The number of nitrogens with zero attached hydrogens (tertiary/aromatic N) is 2. The lowest BCUT2D eigenvalue weighted by Crippen LogP contribution is -2.32. The van der Waals surface area contributed by atoms with E-state index < -0.39 is 28.8 Å². The molecule has 11 heteroatoms. The second-order valence-corrected chi connectivity index (χ2v) is 10.2. The molecule has 1 aromatic heterocycles. The number of nitriles is 1. The summed E-state index contributed by atoms with van der Waals surface area (Å²) in [6, 6.07) is 13.4. The molecule has 0 spiro atoms. The minimum absolute atomic E-state index is 0.0236. The van der Waals surface area contributed by atoms with E-state index >= 15 is 0 Å². The maximum Gasteiger partial charge on any atom is 0.416 e. The summed E-state index contributed by atoms with van der Waals surface area (Å²) >= 11 is 7.13. The minimum atomic E-state index is -4.58. The summed E-state index contributed by atoms with van der Waals surface area (Å²) in [5, 5.41) is 11.8. The van der Waals surface area contributed by atoms with Gasteiger partial charge in [0.25, 0.3) is 5.91 Å². The number of carbonyl (C=O) groups is 2. The first kappa shape index (κ1) is 27.4. The van der Waals surface area contributed by atoms with Crippen LogP contribution in [0.25, 0.3) is 0 Å². The predicted molar refractivity (Wildman–Crippen MR) is 138 cm³/mol. The SMILES string of the molecule is Cc1ccc(N2C(=O)C(Cc3cc(C(F)(F)F)ccc3Cl)S/C2=C(/C#N)C(=O)NCc2ccco2)cc1C. The molecule has 0 bridgehead atoms. The zero-order valence-electron chi connectivity index (χ0n) is 20.2. The quantitative estimate of drug-likeness (QED) is 0.282. The molecule has 1 atom stereocenters. The minimum Gasteiger partial charge on any atom is -0.467 e. The number of hydrogen-bond acceptors (Lipinski definition) is 5. The van der Waals surface area contributed by atoms with E-state index in [4.69, 9.17) is 16.0 Å². The molecule has 0 aliphatic carbocycles. The first-order valence-electron chi connectivity index (χ1n) is 11.4. The molecule has 1 fully saturated rings. The highest BCUT2D eigenvalue weighted by atomic mass is 35.5. The van der Waals surface area contributed by atoms with E-state index in [1.807, 2.05) is 19.9 Å². The Hall–Kier alpha value is -3.68. The number of alkyl halides is 3. The van der Waals surface area contributed by atoms with Crippen molar-refractivity contribution in [2.75, 3.05) is 4.90 Å². The van der Waals surface area contributed by atoms with Gasteiger partial charge in [-0.25, -0.2) is 0 Å². The number of furan rings is 1. The summed E-state index contributed by atoms with van der Waals surface area (Å²) in [6.45, 7) is 3.78. The lowest BCUT2D eigenvalue weighted by molar-refractivity contribution is -0.137. The zero-order chi connectivity index (χ0) is 27.6. The molecule has 1 unspecified atom stereocenters. The molecule has 0 saturated carbocycles. The number of amides is 2. The van der Waals surface area contributed by atoms with Crippen LogP contribution in [0, 0.1) is 25.2 Å². The number of anilines is 1. The molecule has 38 heavy (non-hydrogen) atoms. The molecule has 1 N–H and O–H groups in total. The predicted octanol–water partition coefficient (Wildman–Crippen LogP) is 6.31. The highest BCUT2D eigenvalue weighted by Crippen LogP contribution is 2.43. The molecule has 2 heterocycles. The summed E-state index contributed by atoms with van der Waals surface area (Å²) in [5.74, 6) is -0.724. The van der Waals surface area contributed by atoms with Gasteiger partial charge in [0, 0.05) is 10.7 Å². The van der Waals surface area contributed by atoms with E-state index in [2.05, 4.69) is 5.32 Å². The fraction of sp³-hybridized carbons (Fsp3) is 0.222. The maximum absolute atomic E-state index is 13.6. The van der Waals surface area contributed by atoms with Crippen molar-refractivity contribution in [2.45, 2.75) is 38.2 Å². The topological polar surface area (TPSA) is 86.3 Å². The summed E-state index contributed by atoms with van der Waals surface area (Å²) in [5.41, 5.74) is 1.24. The largest absolute Gasteiger partial charge is 0.467 e. The fourth-order valence-corrected chi connectivity index (χ4v) is 5.35. The third-order valence-electron chi connectivity index (χ3n) is 6.04. The normalized spacial score (nSPS) is 16.9. The van der Waals surface area contributed by atoms with Crippen molar-refractivity contribution in [2.24, 2.45) is 0 Å². The number of thioether (sulfide) groups is 1. The molecular weight excluding hydrogens is 539 g/mol. The van der Waals surface area contributed by atoms with Crippen LogP contribution in [0.2, 0.25) is 5.02 Å². The summed E-state index contributed by atoms with van der Waals surface area (Å²) < 4.78 is 45.1. The Labute approximate surface area is 226 Å². The molecule has 1 aliphatic rings. The number of halogens is 4. The van der Waals surface area contributed by atoms with Gasteiger partial charge >= 0.3 is 6.18 Å². The smallest absolute Gasteiger partial charge is 0.416 e. The standard InChI is InChI=1S/C27H21ClF3N3O3S/c1-15-5-7-19(10-16(15)2)34-25(36)23(12-17-11-18(27(29,30)31)6-8-22(17)28)38-26(34)21(13-32)24(35)33-14-20-4-3-9-37-20/h3-11,23H,12,14H2,1-2H3,(H,33,35)/b26-21-. The number of rotatable bonds is 6. The van der Waals surface area contributed by atoms with Crippen molar-refractivity contribution in [3.63, 3.8) is 0 Å². The molecule has 2 aromatic carbocycles. The maximum atomic E-state index is 13.6. The van der Waals surface area contributed by atoms with Crippen LogP contribution in [0.1, 0.15) is 28.0 Å². The van der Waals surface area contributed by atoms with Gasteiger partial charge in [0.1, 0.15) is 22.4 Å². The Morgan fingerprint density at radius 3 is 2.58 bits per heavy atom. The van der Waals surface area contributed by atoms with Crippen LogP contribution in [-0.2, 0) is 28.7 Å². The van der Waals surface area contributed by atoms with Gasteiger partial charge in [-0.05, 0) is 79.4 Å². The first-order valence-corrected chi connectivity index (χ1v) is 12.6. The second kappa shape index (κ2) is 11.0.